The Kier molecular flexibility index (Phi) is 6.72. The van der Waals surface area contributed by atoms with Crippen LogP contribution >= 0.6 is 0 Å². The van der Waals surface area contributed by atoms with Crippen molar-refractivity contribution in [3.05, 3.63) is 58.7 Å². The van der Waals surface area contributed by atoms with Crippen molar-refractivity contribution in [2.24, 2.45) is 0 Å². The third-order valence-electron chi connectivity index (χ3n) is 5.07. The highest BCUT2D eigenvalue weighted by molar-refractivity contribution is 6.00. The van der Waals surface area contributed by atoms with Crippen LogP contribution < -0.4 is 10.1 Å². The molecule has 7 heteroatoms. The molecule has 30 heavy (non-hydrogen) atoms. The molecule has 0 heterocycles. The molecule has 0 spiro atoms. The summed E-state index contributed by atoms with van der Waals surface area (Å²) in [6.45, 7) is 1.66. The predicted molar refractivity (Wildman–Crippen MR) is 111 cm³/mol. The minimum absolute atomic E-state index is 0.126. The van der Waals surface area contributed by atoms with E-state index in [1.165, 1.54) is 38.0 Å². The quantitative estimate of drug-likeness (QED) is 0.731. The molecule has 1 aliphatic rings. The molecule has 0 bridgehead atoms. The summed E-state index contributed by atoms with van der Waals surface area (Å²) in [5.41, 5.74) is 2.94. The summed E-state index contributed by atoms with van der Waals surface area (Å²) in [6.07, 6.45) is 3.44. The Bertz CT molecular complexity index is 934. The van der Waals surface area contributed by atoms with Gasteiger partial charge >= 0.3 is 11.9 Å². The van der Waals surface area contributed by atoms with E-state index in [1.54, 1.807) is 6.92 Å². The molecule has 158 valence electrons. The fraction of sp³-hybridized carbons (Fsp3) is 0.348. The van der Waals surface area contributed by atoms with E-state index in [9.17, 15) is 14.4 Å². The molecule has 3 rings (SSSR count). The van der Waals surface area contributed by atoms with Crippen molar-refractivity contribution in [3.63, 3.8) is 0 Å². The van der Waals surface area contributed by atoms with Crippen molar-refractivity contribution in [1.29, 1.82) is 0 Å². The minimum atomic E-state index is -0.776. The van der Waals surface area contributed by atoms with Crippen LogP contribution in [0.3, 0.4) is 0 Å². The van der Waals surface area contributed by atoms with Gasteiger partial charge in [-0.15, -0.1) is 0 Å². The van der Waals surface area contributed by atoms with Crippen LogP contribution in [0.1, 0.15) is 51.6 Å². The van der Waals surface area contributed by atoms with Crippen molar-refractivity contribution >= 4 is 23.5 Å². The van der Waals surface area contributed by atoms with E-state index in [-0.39, 0.29) is 16.8 Å². The number of hydrogen-bond acceptors (Lipinski definition) is 6. The van der Waals surface area contributed by atoms with Gasteiger partial charge in [0.05, 0.1) is 25.3 Å². The molecule has 1 N–H and O–H groups in total. The Hall–Kier alpha value is -3.35. The van der Waals surface area contributed by atoms with Crippen LogP contribution in [0.2, 0.25) is 0 Å². The topological polar surface area (TPSA) is 90.9 Å². The van der Waals surface area contributed by atoms with Gasteiger partial charge in [0.25, 0.3) is 5.91 Å². The number of anilines is 1. The molecule has 0 radical (unpaired) electrons. The van der Waals surface area contributed by atoms with Crippen LogP contribution in [0.4, 0.5) is 5.69 Å². The van der Waals surface area contributed by atoms with Crippen molar-refractivity contribution in [2.75, 3.05) is 19.5 Å². The fourth-order valence-electron chi connectivity index (χ4n) is 3.52. The number of benzene rings is 2. The maximum Gasteiger partial charge on any atom is 0.337 e. The fourth-order valence-corrected chi connectivity index (χ4v) is 3.52. The summed E-state index contributed by atoms with van der Waals surface area (Å²) in [4.78, 5) is 36.5. The zero-order chi connectivity index (χ0) is 21.7. The molecule has 0 saturated heterocycles. The summed E-state index contributed by atoms with van der Waals surface area (Å²) >= 11 is 0. The highest BCUT2D eigenvalue weighted by Crippen LogP contribution is 2.30. The van der Waals surface area contributed by atoms with E-state index in [0.29, 0.717) is 5.75 Å². The van der Waals surface area contributed by atoms with Gasteiger partial charge in [0.15, 0.2) is 6.10 Å². The van der Waals surface area contributed by atoms with Crippen LogP contribution in [0.5, 0.6) is 5.75 Å². The maximum absolute atomic E-state index is 12.7. The first-order valence-corrected chi connectivity index (χ1v) is 9.83. The molecule has 0 saturated carbocycles. The SMILES string of the molecule is COC(=O)c1cc(NC(=O)C(C)Oc2cccc3c2CCCC3)cc(C(=O)OC)c1. The van der Waals surface area contributed by atoms with Gasteiger partial charge in [0.2, 0.25) is 0 Å². The normalized spacial score (nSPS) is 13.6. The number of nitrogens with one attached hydrogen (secondary N) is 1. The highest BCUT2D eigenvalue weighted by atomic mass is 16.5. The molecule has 2 aromatic rings. The lowest BCUT2D eigenvalue weighted by atomic mass is 9.91. The lowest BCUT2D eigenvalue weighted by molar-refractivity contribution is -0.122. The zero-order valence-corrected chi connectivity index (χ0v) is 17.3. The minimum Gasteiger partial charge on any atom is -0.481 e. The van der Waals surface area contributed by atoms with Crippen LogP contribution in [0.25, 0.3) is 0 Å². The Balaban J connectivity index is 1.78. The van der Waals surface area contributed by atoms with Crippen LogP contribution in [-0.4, -0.2) is 38.2 Å². The molecule has 1 amide bonds. The van der Waals surface area contributed by atoms with E-state index in [4.69, 9.17) is 14.2 Å². The van der Waals surface area contributed by atoms with Crippen molar-refractivity contribution in [1.82, 2.24) is 0 Å². The average molecular weight is 411 g/mol. The number of ether oxygens (including phenoxy) is 3. The first-order chi connectivity index (χ1) is 14.4. The number of aryl methyl sites for hydroxylation is 1. The molecule has 1 unspecified atom stereocenters. The summed E-state index contributed by atoms with van der Waals surface area (Å²) in [5.74, 6) is -0.942. The lowest BCUT2D eigenvalue weighted by Crippen LogP contribution is -2.30. The van der Waals surface area contributed by atoms with Gasteiger partial charge in [0, 0.05) is 5.69 Å². The molecule has 0 fully saturated rings. The van der Waals surface area contributed by atoms with Gasteiger partial charge in [-0.05, 0) is 68.0 Å². The molecule has 0 aromatic heterocycles. The van der Waals surface area contributed by atoms with Gasteiger partial charge in [-0.3, -0.25) is 4.79 Å². The van der Waals surface area contributed by atoms with Crippen LogP contribution in [0.15, 0.2) is 36.4 Å². The number of carbonyl (C=O) groups is 3. The highest BCUT2D eigenvalue weighted by Gasteiger charge is 2.21. The Morgan fingerprint density at radius 2 is 1.57 bits per heavy atom. The Morgan fingerprint density at radius 1 is 0.933 bits per heavy atom. The third-order valence-corrected chi connectivity index (χ3v) is 5.07. The number of rotatable bonds is 6. The second-order valence-electron chi connectivity index (χ2n) is 7.13. The number of fused-ring (bicyclic) bond motifs is 1. The summed E-state index contributed by atoms with van der Waals surface area (Å²) < 4.78 is 15.4. The number of methoxy groups -OCH3 is 2. The molecular formula is C23H25NO6. The Labute approximate surface area is 175 Å². The molecule has 0 aliphatic heterocycles. The summed E-state index contributed by atoms with van der Waals surface area (Å²) in [7, 11) is 2.48. The van der Waals surface area contributed by atoms with Crippen LogP contribution in [-0.2, 0) is 27.1 Å². The van der Waals surface area contributed by atoms with Crippen LogP contribution in [0, 0.1) is 0 Å². The second kappa shape index (κ2) is 9.43. The average Bonchev–Trinajstić information content (AvgIpc) is 2.77. The van der Waals surface area contributed by atoms with Gasteiger partial charge in [-0.25, -0.2) is 9.59 Å². The summed E-state index contributed by atoms with van der Waals surface area (Å²) in [6, 6.07) is 10.1. The number of esters is 2. The number of amides is 1. The van der Waals surface area contributed by atoms with Gasteiger partial charge in [0.1, 0.15) is 5.75 Å². The van der Waals surface area contributed by atoms with Gasteiger partial charge < -0.3 is 19.5 Å². The molecule has 1 atom stereocenters. The molecule has 2 aromatic carbocycles. The van der Waals surface area contributed by atoms with E-state index in [1.807, 2.05) is 12.1 Å². The lowest BCUT2D eigenvalue weighted by Gasteiger charge is -2.22. The first-order valence-electron chi connectivity index (χ1n) is 9.83. The van der Waals surface area contributed by atoms with E-state index in [0.717, 1.165) is 31.2 Å². The third kappa shape index (κ3) is 4.79. The molecule has 7 nitrogen and oxygen atoms in total. The largest absolute Gasteiger partial charge is 0.481 e. The van der Waals surface area contributed by atoms with E-state index < -0.39 is 23.9 Å². The maximum atomic E-state index is 12.7. The molecule has 1 aliphatic carbocycles. The van der Waals surface area contributed by atoms with Crippen molar-refractivity contribution < 1.29 is 28.6 Å². The zero-order valence-electron chi connectivity index (χ0n) is 17.3. The molecular weight excluding hydrogens is 386 g/mol. The summed E-state index contributed by atoms with van der Waals surface area (Å²) in [5, 5.41) is 2.70. The second-order valence-corrected chi connectivity index (χ2v) is 7.13. The first kappa shape index (κ1) is 21.4. The number of carbonyl (C=O) groups excluding carboxylic acids is 3. The monoisotopic (exact) mass is 411 g/mol. The van der Waals surface area contributed by atoms with Gasteiger partial charge in [-0.2, -0.15) is 0 Å². The van der Waals surface area contributed by atoms with Crippen molar-refractivity contribution in [3.8, 4) is 5.75 Å². The number of hydrogen-bond donors (Lipinski definition) is 1. The van der Waals surface area contributed by atoms with E-state index >= 15 is 0 Å². The van der Waals surface area contributed by atoms with E-state index in [2.05, 4.69) is 11.4 Å². The van der Waals surface area contributed by atoms with Crippen molar-refractivity contribution in [2.45, 2.75) is 38.7 Å². The standard InChI is InChI=1S/C23H25NO6/c1-14(30-20-10-6-8-15-7-4-5-9-19(15)20)21(25)24-18-12-16(22(26)28-2)11-17(13-18)23(27)29-3/h6,8,10-14H,4-5,7,9H2,1-3H3,(H,24,25). The Morgan fingerprint density at radius 3 is 2.20 bits per heavy atom. The van der Waals surface area contributed by atoms with Gasteiger partial charge in [-0.1, -0.05) is 12.1 Å². The predicted octanol–water partition coefficient (Wildman–Crippen LogP) is 3.54. The smallest absolute Gasteiger partial charge is 0.337 e.